The van der Waals surface area contributed by atoms with Crippen LogP contribution in [0.5, 0.6) is 0 Å². The van der Waals surface area contributed by atoms with E-state index in [0.717, 1.165) is 44.6 Å². The third kappa shape index (κ3) is 4.86. The van der Waals surface area contributed by atoms with Gasteiger partial charge in [-0.2, -0.15) is 0 Å². The van der Waals surface area contributed by atoms with Crippen LogP contribution >= 0.6 is 11.3 Å². The number of rotatable bonds is 5. The van der Waals surface area contributed by atoms with Crippen molar-refractivity contribution in [2.45, 2.75) is 0 Å². The average Bonchev–Trinajstić information content (AvgIpc) is 3.80. The number of hydrogen-bond acceptors (Lipinski definition) is 3. The van der Waals surface area contributed by atoms with Gasteiger partial charge in [0, 0.05) is 42.3 Å². The Morgan fingerprint density at radius 2 is 1.08 bits per heavy atom. The lowest BCUT2D eigenvalue weighted by Gasteiger charge is -2.27. The molecule has 0 unspecified atom stereocenters. The monoisotopic (exact) mass is 693 g/mol. The summed E-state index contributed by atoms with van der Waals surface area (Å²) in [5.41, 5.74) is 9.59. The number of anilines is 3. The molecular formula is C50H31NOS. The van der Waals surface area contributed by atoms with E-state index in [1.54, 1.807) is 0 Å². The fourth-order valence-electron chi connectivity index (χ4n) is 8.17. The van der Waals surface area contributed by atoms with Gasteiger partial charge in [-0.3, -0.25) is 0 Å². The first-order valence-electron chi connectivity index (χ1n) is 18.0. The molecule has 0 saturated carbocycles. The second-order valence-corrected chi connectivity index (χ2v) is 14.8. The summed E-state index contributed by atoms with van der Waals surface area (Å²) in [7, 11) is 0. The van der Waals surface area contributed by atoms with E-state index in [-0.39, 0.29) is 0 Å². The number of furan rings is 1. The van der Waals surface area contributed by atoms with Gasteiger partial charge in [0.05, 0.1) is 5.69 Å². The van der Waals surface area contributed by atoms with E-state index in [4.69, 9.17) is 4.42 Å². The van der Waals surface area contributed by atoms with E-state index in [1.165, 1.54) is 58.4 Å². The van der Waals surface area contributed by atoms with E-state index >= 15 is 0 Å². The van der Waals surface area contributed by atoms with E-state index in [0.29, 0.717) is 0 Å². The zero-order valence-electron chi connectivity index (χ0n) is 28.7. The minimum Gasteiger partial charge on any atom is -0.454 e. The van der Waals surface area contributed by atoms with E-state index in [9.17, 15) is 0 Å². The summed E-state index contributed by atoms with van der Waals surface area (Å²) in [6, 6.07) is 68.1. The molecule has 2 aromatic heterocycles. The van der Waals surface area contributed by atoms with Crippen LogP contribution in [0.3, 0.4) is 0 Å². The van der Waals surface area contributed by atoms with Crippen LogP contribution in [0.2, 0.25) is 0 Å². The first-order chi connectivity index (χ1) is 26.3. The molecule has 0 aliphatic carbocycles. The topological polar surface area (TPSA) is 16.4 Å². The average molecular weight is 694 g/mol. The summed E-state index contributed by atoms with van der Waals surface area (Å²) in [4.78, 5) is 2.40. The maximum absolute atomic E-state index is 6.75. The Morgan fingerprint density at radius 1 is 0.396 bits per heavy atom. The Bertz CT molecular complexity index is 3190. The van der Waals surface area contributed by atoms with Gasteiger partial charge in [0.1, 0.15) is 5.58 Å². The van der Waals surface area contributed by atoms with E-state index < -0.39 is 0 Å². The molecule has 2 nitrogen and oxygen atoms in total. The lowest BCUT2D eigenvalue weighted by atomic mass is 9.94. The van der Waals surface area contributed by atoms with Gasteiger partial charge in [-0.25, -0.2) is 0 Å². The van der Waals surface area contributed by atoms with Gasteiger partial charge in [0.25, 0.3) is 0 Å². The third-order valence-corrected chi connectivity index (χ3v) is 11.7. The normalized spacial score (nSPS) is 11.8. The molecule has 0 fully saturated rings. The predicted octanol–water partition coefficient (Wildman–Crippen LogP) is 15.1. The maximum Gasteiger partial charge on any atom is 0.159 e. The van der Waals surface area contributed by atoms with Crippen molar-refractivity contribution in [3.8, 4) is 22.3 Å². The molecule has 0 atom stereocenters. The van der Waals surface area contributed by atoms with Crippen LogP contribution in [0.25, 0.3) is 85.9 Å². The number of benzene rings is 9. The molecule has 0 saturated heterocycles. The van der Waals surface area contributed by atoms with Crippen LogP contribution in [0.4, 0.5) is 17.1 Å². The minimum atomic E-state index is 0.865. The summed E-state index contributed by atoms with van der Waals surface area (Å²) >= 11 is 1.86. The second-order valence-electron chi connectivity index (χ2n) is 13.7. The molecule has 0 spiro atoms. The zero-order chi connectivity index (χ0) is 34.9. The van der Waals surface area contributed by atoms with Crippen molar-refractivity contribution in [1.82, 2.24) is 0 Å². The Morgan fingerprint density at radius 3 is 1.98 bits per heavy atom. The fourth-order valence-corrected chi connectivity index (χ4v) is 9.31. The Labute approximate surface area is 310 Å². The minimum absolute atomic E-state index is 0.865. The van der Waals surface area contributed by atoms with Gasteiger partial charge in [0.2, 0.25) is 0 Å². The number of fused-ring (bicyclic) bond motifs is 9. The third-order valence-electron chi connectivity index (χ3n) is 10.6. The van der Waals surface area contributed by atoms with Crippen LogP contribution in [0, 0.1) is 0 Å². The first kappa shape index (κ1) is 30.0. The molecule has 248 valence electrons. The fraction of sp³-hybridized carbons (Fsp3) is 0. The molecule has 11 rings (SSSR count). The van der Waals surface area contributed by atoms with Gasteiger partial charge in [-0.1, -0.05) is 133 Å². The van der Waals surface area contributed by atoms with E-state index in [1.807, 2.05) is 17.4 Å². The predicted molar refractivity (Wildman–Crippen MR) is 227 cm³/mol. The highest BCUT2D eigenvalue weighted by Crippen LogP contribution is 2.47. The molecule has 2 heterocycles. The summed E-state index contributed by atoms with van der Waals surface area (Å²) in [6.07, 6.45) is 0. The number of thiophene rings is 1. The summed E-state index contributed by atoms with van der Waals surface area (Å²) in [6.45, 7) is 0. The SMILES string of the molecule is c1ccc(-c2cc(-c3cccc4sc5ccccc5c34)cc(N(c3ccc4ccc5ccccc5c4c3)c3cccc4c3oc3ccccc34)c2)cc1. The van der Waals surface area contributed by atoms with Crippen molar-refractivity contribution >= 4 is 92.1 Å². The molecule has 11 aromatic rings. The largest absolute Gasteiger partial charge is 0.454 e. The molecule has 3 heteroatoms. The van der Waals surface area contributed by atoms with Crippen LogP contribution < -0.4 is 4.90 Å². The summed E-state index contributed by atoms with van der Waals surface area (Å²) in [5, 5.41) is 9.70. The lowest BCUT2D eigenvalue weighted by Crippen LogP contribution is -2.11. The molecule has 0 aliphatic heterocycles. The molecule has 0 N–H and O–H groups in total. The molecule has 9 aromatic carbocycles. The zero-order valence-corrected chi connectivity index (χ0v) is 29.5. The lowest BCUT2D eigenvalue weighted by molar-refractivity contribution is 0.669. The van der Waals surface area contributed by atoms with Crippen LogP contribution in [-0.4, -0.2) is 0 Å². The van der Waals surface area contributed by atoms with Gasteiger partial charge < -0.3 is 9.32 Å². The molecular weight excluding hydrogens is 663 g/mol. The van der Waals surface area contributed by atoms with Crippen molar-refractivity contribution in [3.05, 3.63) is 188 Å². The highest BCUT2D eigenvalue weighted by atomic mass is 32.1. The van der Waals surface area contributed by atoms with Crippen molar-refractivity contribution in [2.24, 2.45) is 0 Å². The first-order valence-corrected chi connectivity index (χ1v) is 18.8. The summed E-state index contributed by atoms with van der Waals surface area (Å²) in [5.74, 6) is 0. The van der Waals surface area contributed by atoms with Gasteiger partial charge in [-0.05, 0) is 98.4 Å². The highest BCUT2D eigenvalue weighted by Gasteiger charge is 2.22. The van der Waals surface area contributed by atoms with Gasteiger partial charge in [0.15, 0.2) is 5.58 Å². The van der Waals surface area contributed by atoms with Crippen LogP contribution in [-0.2, 0) is 0 Å². The van der Waals surface area contributed by atoms with Gasteiger partial charge >= 0.3 is 0 Å². The van der Waals surface area contributed by atoms with Crippen molar-refractivity contribution in [1.29, 1.82) is 0 Å². The smallest absolute Gasteiger partial charge is 0.159 e. The standard InChI is InChI=1S/C50H31NOS/c1-2-12-32(13-3-1)35-28-36(40-18-11-23-48-49(40)43-17-7-9-22-47(43)53-48)30-38(29-35)51(45-20-10-19-42-41-16-6-8-21-46(41)52-50(42)45)37-27-26-34-25-24-33-14-4-5-15-39(33)44(34)31-37/h1-31H. The van der Waals surface area contributed by atoms with Crippen LogP contribution in [0.1, 0.15) is 0 Å². The molecule has 0 aliphatic rings. The summed E-state index contributed by atoms with van der Waals surface area (Å²) < 4.78 is 9.34. The van der Waals surface area contributed by atoms with Crippen molar-refractivity contribution in [3.63, 3.8) is 0 Å². The maximum atomic E-state index is 6.75. The van der Waals surface area contributed by atoms with Crippen molar-refractivity contribution in [2.75, 3.05) is 4.90 Å². The highest BCUT2D eigenvalue weighted by molar-refractivity contribution is 7.25. The second kappa shape index (κ2) is 11.9. The Balaban J connectivity index is 1.24. The molecule has 53 heavy (non-hydrogen) atoms. The van der Waals surface area contributed by atoms with E-state index in [2.05, 4.69) is 187 Å². The number of nitrogens with zero attached hydrogens (tertiary/aromatic N) is 1. The quantitative estimate of drug-likeness (QED) is 0.167. The molecule has 0 amide bonds. The Kier molecular flexibility index (Phi) is 6.76. The molecule has 0 radical (unpaired) electrons. The Hall–Kier alpha value is -6.68. The number of hydrogen-bond donors (Lipinski definition) is 0. The van der Waals surface area contributed by atoms with Gasteiger partial charge in [-0.15, -0.1) is 11.3 Å². The number of para-hydroxylation sites is 2. The van der Waals surface area contributed by atoms with Crippen molar-refractivity contribution < 1.29 is 4.42 Å². The molecule has 0 bridgehead atoms. The van der Waals surface area contributed by atoms with Crippen LogP contribution in [0.15, 0.2) is 192 Å².